The monoisotopic (exact) mass is 221 g/mol. The predicted molar refractivity (Wildman–Crippen MR) is 48.0 cm³/mol. The Labute approximate surface area is 82.9 Å². The van der Waals surface area contributed by atoms with Crippen molar-refractivity contribution in [3.05, 3.63) is 28.0 Å². The van der Waals surface area contributed by atoms with Crippen LogP contribution in [0.25, 0.3) is 5.52 Å². The third-order valence-corrected chi connectivity index (χ3v) is 2.25. The van der Waals surface area contributed by atoms with Gasteiger partial charge >= 0.3 is 0 Å². The number of rotatable bonds is 0. The summed E-state index contributed by atoms with van der Waals surface area (Å²) in [4.78, 5) is 7.67. The average Bonchev–Trinajstić information content (AvgIpc) is 2.42. The Morgan fingerprint density at radius 1 is 1.08 bits per heavy atom. The topological polar surface area (TPSA) is 30.2 Å². The third kappa shape index (κ3) is 1.05. The van der Waals surface area contributed by atoms with Gasteiger partial charge in [0.1, 0.15) is 10.7 Å². The number of imidazole rings is 1. The molecule has 0 aliphatic rings. The highest BCUT2D eigenvalue weighted by atomic mass is 35.5. The lowest BCUT2D eigenvalue weighted by Gasteiger charge is -1.98. The fourth-order valence-corrected chi connectivity index (χ4v) is 1.59. The van der Waals surface area contributed by atoms with Crippen LogP contribution in [0.4, 0.5) is 0 Å². The standard InChI is InChI=1S/C6H2Cl3N3/c7-4-2-10-5(8)3-1-11-6(9)12(3)4/h1-2H. The van der Waals surface area contributed by atoms with E-state index in [1.165, 1.54) is 16.8 Å². The second-order valence-electron chi connectivity index (χ2n) is 2.12. The van der Waals surface area contributed by atoms with Crippen molar-refractivity contribution in [2.45, 2.75) is 0 Å². The molecule has 12 heavy (non-hydrogen) atoms. The summed E-state index contributed by atoms with van der Waals surface area (Å²) in [5, 5.41) is 0.995. The van der Waals surface area contributed by atoms with Gasteiger partial charge in [-0.2, -0.15) is 0 Å². The molecule has 2 heterocycles. The Bertz CT molecular complexity index is 437. The van der Waals surface area contributed by atoms with Crippen LogP contribution in [0.2, 0.25) is 15.6 Å². The first kappa shape index (κ1) is 8.10. The minimum atomic E-state index is 0.277. The van der Waals surface area contributed by atoms with Crippen LogP contribution in [0.1, 0.15) is 0 Å². The van der Waals surface area contributed by atoms with Crippen molar-refractivity contribution in [2.24, 2.45) is 0 Å². The molecule has 6 heteroatoms. The third-order valence-electron chi connectivity index (χ3n) is 1.43. The largest absolute Gasteiger partial charge is 0.269 e. The van der Waals surface area contributed by atoms with E-state index in [0.29, 0.717) is 15.8 Å². The highest BCUT2D eigenvalue weighted by Crippen LogP contribution is 2.22. The van der Waals surface area contributed by atoms with Crippen molar-refractivity contribution in [1.29, 1.82) is 0 Å². The van der Waals surface area contributed by atoms with Crippen LogP contribution in [0.5, 0.6) is 0 Å². The van der Waals surface area contributed by atoms with Gasteiger partial charge in [0, 0.05) is 0 Å². The smallest absolute Gasteiger partial charge is 0.208 e. The van der Waals surface area contributed by atoms with E-state index in [2.05, 4.69) is 9.97 Å². The van der Waals surface area contributed by atoms with Crippen molar-refractivity contribution in [3.63, 3.8) is 0 Å². The zero-order chi connectivity index (χ0) is 8.72. The van der Waals surface area contributed by atoms with Crippen LogP contribution in [0.3, 0.4) is 0 Å². The average molecular weight is 222 g/mol. The van der Waals surface area contributed by atoms with E-state index in [1.807, 2.05) is 0 Å². The maximum atomic E-state index is 5.79. The van der Waals surface area contributed by atoms with E-state index < -0.39 is 0 Å². The van der Waals surface area contributed by atoms with E-state index in [9.17, 15) is 0 Å². The summed E-state index contributed by atoms with van der Waals surface area (Å²) in [6.07, 6.45) is 2.94. The molecule has 0 aromatic carbocycles. The Kier molecular flexibility index (Phi) is 1.87. The van der Waals surface area contributed by atoms with Crippen LogP contribution in [0, 0.1) is 0 Å². The van der Waals surface area contributed by atoms with Gasteiger partial charge in [-0.25, -0.2) is 9.97 Å². The number of halogens is 3. The van der Waals surface area contributed by atoms with Crippen molar-refractivity contribution >= 4 is 40.3 Å². The van der Waals surface area contributed by atoms with Crippen molar-refractivity contribution in [2.75, 3.05) is 0 Å². The lowest BCUT2D eigenvalue weighted by Crippen LogP contribution is -1.89. The van der Waals surface area contributed by atoms with Gasteiger partial charge in [-0.15, -0.1) is 0 Å². The molecule has 3 nitrogen and oxygen atoms in total. The van der Waals surface area contributed by atoms with Crippen molar-refractivity contribution < 1.29 is 0 Å². The Morgan fingerprint density at radius 2 is 1.83 bits per heavy atom. The van der Waals surface area contributed by atoms with Gasteiger partial charge < -0.3 is 0 Å². The summed E-state index contributed by atoms with van der Waals surface area (Å²) >= 11 is 17.3. The van der Waals surface area contributed by atoms with Gasteiger partial charge in [0.2, 0.25) is 5.28 Å². The second kappa shape index (κ2) is 2.76. The number of aromatic nitrogens is 3. The summed E-state index contributed by atoms with van der Waals surface area (Å²) in [6, 6.07) is 0. The zero-order valence-electron chi connectivity index (χ0n) is 5.63. The fraction of sp³-hybridized carbons (Fsp3) is 0. The van der Waals surface area contributed by atoms with E-state index in [4.69, 9.17) is 34.8 Å². The Hall–Kier alpha value is -0.510. The van der Waals surface area contributed by atoms with Crippen LogP contribution in [-0.2, 0) is 0 Å². The first-order valence-electron chi connectivity index (χ1n) is 3.03. The summed E-state index contributed by atoms with van der Waals surface area (Å²) in [5.74, 6) is 0. The molecule has 0 aliphatic heterocycles. The predicted octanol–water partition coefficient (Wildman–Crippen LogP) is 2.69. The zero-order valence-corrected chi connectivity index (χ0v) is 7.90. The summed E-state index contributed by atoms with van der Waals surface area (Å²) in [5.41, 5.74) is 0.606. The van der Waals surface area contributed by atoms with Crippen LogP contribution in [-0.4, -0.2) is 14.4 Å². The van der Waals surface area contributed by atoms with Gasteiger partial charge in [0.25, 0.3) is 0 Å². The molecule has 2 rings (SSSR count). The molecule has 0 bridgehead atoms. The highest BCUT2D eigenvalue weighted by molar-refractivity contribution is 6.35. The fourth-order valence-electron chi connectivity index (χ4n) is 0.912. The molecule has 62 valence electrons. The van der Waals surface area contributed by atoms with E-state index in [-0.39, 0.29) is 5.28 Å². The molecule has 0 fully saturated rings. The maximum Gasteiger partial charge on any atom is 0.208 e. The molecule has 0 spiro atoms. The first-order chi connectivity index (χ1) is 5.70. The molecule has 0 unspecified atom stereocenters. The van der Waals surface area contributed by atoms with Gasteiger partial charge in [0.15, 0.2) is 5.15 Å². The van der Waals surface area contributed by atoms with Gasteiger partial charge in [-0.05, 0) is 11.6 Å². The number of fused-ring (bicyclic) bond motifs is 1. The highest BCUT2D eigenvalue weighted by Gasteiger charge is 2.07. The Morgan fingerprint density at radius 3 is 2.50 bits per heavy atom. The summed E-state index contributed by atoms with van der Waals surface area (Å²) < 4.78 is 1.51. The molecular formula is C6H2Cl3N3. The molecule has 0 atom stereocenters. The lowest BCUT2D eigenvalue weighted by molar-refractivity contribution is 1.12. The van der Waals surface area contributed by atoms with Gasteiger partial charge in [-0.1, -0.05) is 23.2 Å². The van der Waals surface area contributed by atoms with Crippen LogP contribution in [0.15, 0.2) is 12.4 Å². The normalized spacial score (nSPS) is 10.9. The van der Waals surface area contributed by atoms with E-state index in [1.54, 1.807) is 0 Å². The first-order valence-corrected chi connectivity index (χ1v) is 4.16. The number of nitrogens with zero attached hydrogens (tertiary/aromatic N) is 3. The summed E-state index contributed by atoms with van der Waals surface area (Å²) in [7, 11) is 0. The molecule has 2 aromatic rings. The molecular weight excluding hydrogens is 220 g/mol. The van der Waals surface area contributed by atoms with E-state index in [0.717, 1.165) is 0 Å². The summed E-state index contributed by atoms with van der Waals surface area (Å²) in [6.45, 7) is 0. The molecule has 0 saturated carbocycles. The van der Waals surface area contributed by atoms with Crippen LogP contribution < -0.4 is 0 Å². The minimum Gasteiger partial charge on any atom is -0.269 e. The molecule has 2 aromatic heterocycles. The number of hydrogen-bond donors (Lipinski definition) is 0. The molecule has 0 amide bonds. The van der Waals surface area contributed by atoms with Crippen molar-refractivity contribution in [3.8, 4) is 0 Å². The molecule has 0 N–H and O–H groups in total. The van der Waals surface area contributed by atoms with Gasteiger partial charge in [-0.3, -0.25) is 4.40 Å². The van der Waals surface area contributed by atoms with Gasteiger partial charge in [0.05, 0.1) is 12.4 Å². The minimum absolute atomic E-state index is 0.277. The van der Waals surface area contributed by atoms with Crippen molar-refractivity contribution in [1.82, 2.24) is 14.4 Å². The quantitative estimate of drug-likeness (QED) is 0.686. The van der Waals surface area contributed by atoms with E-state index >= 15 is 0 Å². The number of hydrogen-bond acceptors (Lipinski definition) is 2. The molecule has 0 radical (unpaired) electrons. The lowest BCUT2D eigenvalue weighted by atomic mass is 10.6. The van der Waals surface area contributed by atoms with Crippen LogP contribution >= 0.6 is 34.8 Å². The SMILES string of the molecule is Clc1ncc(Cl)n2c(Cl)ncc12. The molecule has 0 saturated heterocycles. The molecule has 0 aliphatic carbocycles. The Balaban J connectivity index is 2.98. The maximum absolute atomic E-state index is 5.79. The second-order valence-corrected chi connectivity index (χ2v) is 3.20.